The molecule has 0 bridgehead atoms. The molecule has 1 aromatic carbocycles. The summed E-state index contributed by atoms with van der Waals surface area (Å²) in [7, 11) is 0. The number of carbonyl (C=O) groups excluding carboxylic acids is 2. The van der Waals surface area contributed by atoms with Crippen molar-refractivity contribution in [3.63, 3.8) is 0 Å². The molecule has 38 heavy (non-hydrogen) atoms. The molecule has 0 unspecified atom stereocenters. The summed E-state index contributed by atoms with van der Waals surface area (Å²) in [5.74, 6) is -0.125. The van der Waals surface area contributed by atoms with Gasteiger partial charge in [-0.3, -0.25) is 9.59 Å². The van der Waals surface area contributed by atoms with E-state index in [9.17, 15) is 31.5 Å². The molecule has 0 radical (unpaired) electrons. The maximum absolute atomic E-state index is 13.4. The van der Waals surface area contributed by atoms with Gasteiger partial charge in [0.2, 0.25) is 12.3 Å². The van der Waals surface area contributed by atoms with E-state index in [1.807, 2.05) is 6.07 Å². The third-order valence-electron chi connectivity index (χ3n) is 7.40. The van der Waals surface area contributed by atoms with Gasteiger partial charge < -0.3 is 15.4 Å². The van der Waals surface area contributed by atoms with Gasteiger partial charge in [-0.1, -0.05) is 18.9 Å². The highest BCUT2D eigenvalue weighted by Gasteiger charge is 2.46. The minimum atomic E-state index is -4.22. The Morgan fingerprint density at radius 3 is 2.79 bits per heavy atom. The molecule has 2 aliphatic carbocycles. The second-order valence-electron chi connectivity index (χ2n) is 10.4. The number of nitrogens with one attached hydrogen (secondary N) is 2. The van der Waals surface area contributed by atoms with Gasteiger partial charge in [0.15, 0.2) is 0 Å². The highest BCUT2D eigenvalue weighted by molar-refractivity contribution is 6.05. The molecular formula is C26H29F5N4O3. The number of ether oxygens (including phenoxy) is 1. The van der Waals surface area contributed by atoms with E-state index in [2.05, 4.69) is 15.7 Å². The van der Waals surface area contributed by atoms with Crippen LogP contribution >= 0.6 is 0 Å². The van der Waals surface area contributed by atoms with Crippen LogP contribution in [0.3, 0.4) is 0 Å². The Balaban J connectivity index is 1.36. The number of alkyl halides is 5. The fourth-order valence-electron chi connectivity index (χ4n) is 5.40. The van der Waals surface area contributed by atoms with Crippen LogP contribution in [0.15, 0.2) is 18.2 Å². The zero-order chi connectivity index (χ0) is 27.1. The molecule has 1 spiro atoms. The number of aromatic nitrogens is 2. The van der Waals surface area contributed by atoms with Gasteiger partial charge in [-0.05, 0) is 54.9 Å². The lowest BCUT2D eigenvalue weighted by Crippen LogP contribution is -2.49. The third kappa shape index (κ3) is 5.78. The number of aryl methyl sites for hydroxylation is 2. The fraction of sp³-hybridized carbons (Fsp3) is 0.577. The molecule has 12 heteroatoms. The van der Waals surface area contributed by atoms with E-state index in [0.29, 0.717) is 43.2 Å². The molecule has 3 aliphatic rings. The number of anilines is 1. The van der Waals surface area contributed by atoms with Crippen LogP contribution in [0.4, 0.5) is 27.8 Å². The van der Waals surface area contributed by atoms with Crippen LogP contribution in [-0.4, -0.2) is 40.8 Å². The van der Waals surface area contributed by atoms with Crippen LogP contribution in [0.25, 0.3) is 0 Å². The number of carbonyl (C=O) groups is 2. The Bertz CT molecular complexity index is 1220. The smallest absolute Gasteiger partial charge is 0.389 e. The van der Waals surface area contributed by atoms with E-state index in [0.717, 1.165) is 30.4 Å². The maximum Gasteiger partial charge on any atom is 0.389 e. The molecule has 0 saturated heterocycles. The topological polar surface area (TPSA) is 85.2 Å². The van der Waals surface area contributed by atoms with Gasteiger partial charge in [-0.25, -0.2) is 13.5 Å². The lowest BCUT2D eigenvalue weighted by atomic mass is 9.82. The third-order valence-corrected chi connectivity index (χ3v) is 7.40. The van der Waals surface area contributed by atoms with Gasteiger partial charge in [-0.2, -0.15) is 18.3 Å². The summed E-state index contributed by atoms with van der Waals surface area (Å²) < 4.78 is 69.8. The van der Waals surface area contributed by atoms with Crippen molar-refractivity contribution in [2.75, 3.05) is 11.9 Å². The first kappa shape index (κ1) is 26.4. The first-order valence-electron chi connectivity index (χ1n) is 12.9. The normalized spacial score (nSPS) is 20.4. The van der Waals surface area contributed by atoms with Crippen LogP contribution in [0.1, 0.15) is 72.1 Å². The Morgan fingerprint density at radius 1 is 1.29 bits per heavy atom. The predicted molar refractivity (Wildman–Crippen MR) is 127 cm³/mol. The van der Waals surface area contributed by atoms with Gasteiger partial charge in [-0.15, -0.1) is 0 Å². The van der Waals surface area contributed by atoms with Crippen molar-refractivity contribution < 1.29 is 36.3 Å². The number of rotatable bonds is 10. The summed E-state index contributed by atoms with van der Waals surface area (Å²) in [6.45, 7) is 0.412. The summed E-state index contributed by atoms with van der Waals surface area (Å²) in [6.07, 6.45) is -4.41. The van der Waals surface area contributed by atoms with Crippen molar-refractivity contribution in [2.45, 2.75) is 82.5 Å². The standard InChI is InChI=1S/C26H29F5N4O3/c27-20(28)13-21(36)32-23-22-19(34-35(23)10-7-15-2-3-15)14-25(33-24(22)37)9-6-16-12-17(4-5-18(16)25)38-11-1-8-26(29,30)31/h4-5,12,15,20H,1-3,6-11,13-14H2,(H,32,36)(H,33,37)/t25-/m0/s1. The molecule has 1 aliphatic heterocycles. The lowest BCUT2D eigenvalue weighted by Gasteiger charge is -2.35. The van der Waals surface area contributed by atoms with Crippen molar-refractivity contribution in [3.05, 3.63) is 40.6 Å². The lowest BCUT2D eigenvalue weighted by molar-refractivity contribution is -0.136. The van der Waals surface area contributed by atoms with Crippen LogP contribution < -0.4 is 15.4 Å². The molecule has 2 amide bonds. The zero-order valence-corrected chi connectivity index (χ0v) is 20.7. The number of nitrogens with zero attached hydrogens (tertiary/aromatic N) is 2. The molecular weight excluding hydrogens is 511 g/mol. The van der Waals surface area contributed by atoms with Gasteiger partial charge in [0.05, 0.1) is 24.3 Å². The number of fused-ring (bicyclic) bond motifs is 3. The molecule has 2 heterocycles. The van der Waals surface area contributed by atoms with Crippen LogP contribution in [0.5, 0.6) is 5.75 Å². The molecule has 7 nitrogen and oxygen atoms in total. The summed E-state index contributed by atoms with van der Waals surface area (Å²) in [5.41, 5.74) is 1.79. The van der Waals surface area contributed by atoms with E-state index < -0.39 is 42.8 Å². The Morgan fingerprint density at radius 2 is 2.08 bits per heavy atom. The van der Waals surface area contributed by atoms with Crippen molar-refractivity contribution in [1.29, 1.82) is 0 Å². The summed E-state index contributed by atoms with van der Waals surface area (Å²) >= 11 is 0. The first-order chi connectivity index (χ1) is 18.0. The number of hydrogen-bond acceptors (Lipinski definition) is 4. The van der Waals surface area contributed by atoms with Gasteiger partial charge >= 0.3 is 6.18 Å². The van der Waals surface area contributed by atoms with E-state index in [1.54, 1.807) is 16.8 Å². The highest BCUT2D eigenvalue weighted by atomic mass is 19.4. The van der Waals surface area contributed by atoms with Crippen LogP contribution in [0, 0.1) is 5.92 Å². The Labute approximate surface area is 216 Å². The van der Waals surface area contributed by atoms with Gasteiger partial charge in [0.1, 0.15) is 17.1 Å². The summed E-state index contributed by atoms with van der Waals surface area (Å²) in [4.78, 5) is 25.6. The molecule has 2 aromatic rings. The van der Waals surface area contributed by atoms with Crippen molar-refractivity contribution in [3.8, 4) is 5.75 Å². The number of hydrogen-bond donors (Lipinski definition) is 2. The van der Waals surface area contributed by atoms with E-state index in [4.69, 9.17) is 4.74 Å². The van der Waals surface area contributed by atoms with Crippen molar-refractivity contribution in [2.24, 2.45) is 5.92 Å². The average Bonchev–Trinajstić information content (AvgIpc) is 3.51. The van der Waals surface area contributed by atoms with E-state index in [-0.39, 0.29) is 24.4 Å². The van der Waals surface area contributed by atoms with Crippen molar-refractivity contribution in [1.82, 2.24) is 15.1 Å². The average molecular weight is 541 g/mol. The highest BCUT2D eigenvalue weighted by Crippen LogP contribution is 2.44. The molecule has 206 valence electrons. The summed E-state index contributed by atoms with van der Waals surface area (Å²) in [5, 5.41) is 10.2. The monoisotopic (exact) mass is 540 g/mol. The largest absolute Gasteiger partial charge is 0.494 e. The maximum atomic E-state index is 13.4. The minimum absolute atomic E-state index is 0.0537. The van der Waals surface area contributed by atoms with Crippen LogP contribution in [0.2, 0.25) is 0 Å². The quantitative estimate of drug-likeness (QED) is 0.324. The molecule has 1 atom stereocenters. The number of benzene rings is 1. The minimum Gasteiger partial charge on any atom is -0.494 e. The molecule has 1 saturated carbocycles. The van der Waals surface area contributed by atoms with Gasteiger partial charge in [0, 0.05) is 19.4 Å². The van der Waals surface area contributed by atoms with Crippen LogP contribution in [-0.2, 0) is 29.7 Å². The summed E-state index contributed by atoms with van der Waals surface area (Å²) in [6, 6.07) is 5.30. The zero-order valence-electron chi connectivity index (χ0n) is 20.7. The fourth-order valence-corrected chi connectivity index (χ4v) is 5.40. The Kier molecular flexibility index (Phi) is 7.08. The van der Waals surface area contributed by atoms with Crippen molar-refractivity contribution >= 4 is 17.6 Å². The Hall–Kier alpha value is -3.18. The second-order valence-corrected chi connectivity index (χ2v) is 10.4. The second kappa shape index (κ2) is 10.2. The number of halogens is 5. The first-order valence-corrected chi connectivity index (χ1v) is 12.9. The molecule has 1 fully saturated rings. The molecule has 1 aromatic heterocycles. The van der Waals surface area contributed by atoms with E-state index in [1.165, 1.54) is 0 Å². The SMILES string of the molecule is O=C(CC(F)F)Nc1c2c(nn1CCC1CC1)C[C@]1(CCc3cc(OCCCC(F)(F)F)ccc31)NC2=O. The molecule has 5 rings (SSSR count). The molecule has 2 N–H and O–H groups in total. The predicted octanol–water partition coefficient (Wildman–Crippen LogP) is 5.13. The van der Waals surface area contributed by atoms with Gasteiger partial charge in [0.25, 0.3) is 5.91 Å². The number of amides is 2. The van der Waals surface area contributed by atoms with E-state index >= 15 is 0 Å².